The van der Waals surface area contributed by atoms with Gasteiger partial charge in [0.2, 0.25) is 0 Å². The molecular weight excluding hydrogens is 262 g/mol. The fraction of sp³-hybridized carbons (Fsp3) is 0.571. The van der Waals surface area contributed by atoms with Gasteiger partial charge in [0.15, 0.2) is 9.84 Å². The van der Waals surface area contributed by atoms with Gasteiger partial charge < -0.3 is 10.1 Å². The van der Waals surface area contributed by atoms with E-state index < -0.39 is 9.84 Å². The number of anilines is 1. The zero-order valence-electron chi connectivity index (χ0n) is 11.6. The molecule has 1 aromatic rings. The summed E-state index contributed by atoms with van der Waals surface area (Å²) >= 11 is 0. The lowest BCUT2D eigenvalue weighted by atomic mass is 10.1. The van der Waals surface area contributed by atoms with Crippen LogP contribution in [0, 0.1) is 6.92 Å². The lowest BCUT2D eigenvalue weighted by Gasteiger charge is -2.22. The molecule has 2 atom stereocenters. The minimum absolute atomic E-state index is 0.0225. The molecule has 0 aliphatic heterocycles. The Hall–Kier alpha value is -1.23. The maximum Gasteiger partial charge on any atom is 0.152 e. The van der Waals surface area contributed by atoms with Gasteiger partial charge in [-0.3, -0.25) is 0 Å². The van der Waals surface area contributed by atoms with Gasteiger partial charge in [-0.2, -0.15) is 0 Å². The van der Waals surface area contributed by atoms with Crippen LogP contribution in [-0.2, 0) is 9.84 Å². The van der Waals surface area contributed by atoms with Gasteiger partial charge in [0.05, 0.1) is 18.0 Å². The van der Waals surface area contributed by atoms with E-state index >= 15 is 0 Å². The van der Waals surface area contributed by atoms with Crippen LogP contribution in [0.1, 0.15) is 24.8 Å². The topological polar surface area (TPSA) is 55.4 Å². The van der Waals surface area contributed by atoms with E-state index in [-0.39, 0.29) is 11.3 Å². The molecular formula is C14H21NO3S. The first-order valence-electron chi connectivity index (χ1n) is 6.52. The molecule has 0 bridgehead atoms. The smallest absolute Gasteiger partial charge is 0.152 e. The van der Waals surface area contributed by atoms with Gasteiger partial charge in [-0.1, -0.05) is 6.07 Å². The molecule has 0 saturated heterocycles. The number of hydrogen-bond acceptors (Lipinski definition) is 4. The number of nitrogens with one attached hydrogen (secondary N) is 1. The highest BCUT2D eigenvalue weighted by Gasteiger charge is 2.35. The minimum atomic E-state index is -3.00. The molecule has 1 fully saturated rings. The van der Waals surface area contributed by atoms with Gasteiger partial charge in [0.25, 0.3) is 0 Å². The highest BCUT2D eigenvalue weighted by molar-refractivity contribution is 7.91. The van der Waals surface area contributed by atoms with Crippen LogP contribution in [0.5, 0.6) is 5.75 Å². The molecule has 1 aliphatic rings. The summed E-state index contributed by atoms with van der Waals surface area (Å²) < 4.78 is 28.9. The molecule has 0 amide bonds. The van der Waals surface area contributed by atoms with E-state index in [0.29, 0.717) is 0 Å². The molecule has 0 heterocycles. The van der Waals surface area contributed by atoms with E-state index in [1.54, 1.807) is 7.11 Å². The van der Waals surface area contributed by atoms with Gasteiger partial charge in [-0.25, -0.2) is 8.42 Å². The molecule has 0 spiro atoms. The average molecular weight is 283 g/mol. The highest BCUT2D eigenvalue weighted by atomic mass is 32.2. The second-order valence-corrected chi connectivity index (χ2v) is 7.52. The SMILES string of the molecule is COc1ccc(C)cc1NC1CCCC1S(C)(=O)=O. The molecule has 4 nitrogen and oxygen atoms in total. The summed E-state index contributed by atoms with van der Waals surface area (Å²) in [4.78, 5) is 0. The number of rotatable bonds is 4. The van der Waals surface area contributed by atoms with Crippen LogP contribution < -0.4 is 10.1 Å². The maximum absolute atomic E-state index is 11.8. The molecule has 1 aliphatic carbocycles. The Morgan fingerprint density at radius 1 is 1.32 bits per heavy atom. The summed E-state index contributed by atoms with van der Waals surface area (Å²) in [6, 6.07) is 5.86. The predicted octanol–water partition coefficient (Wildman–Crippen LogP) is 2.38. The number of benzene rings is 1. The fourth-order valence-electron chi connectivity index (χ4n) is 2.74. The molecule has 1 N–H and O–H groups in total. The largest absolute Gasteiger partial charge is 0.495 e. The van der Waals surface area contributed by atoms with Crippen molar-refractivity contribution in [1.29, 1.82) is 0 Å². The van der Waals surface area contributed by atoms with E-state index in [1.807, 2.05) is 25.1 Å². The van der Waals surface area contributed by atoms with Crippen LogP contribution in [0.25, 0.3) is 0 Å². The van der Waals surface area contributed by atoms with Crippen molar-refractivity contribution in [3.05, 3.63) is 23.8 Å². The van der Waals surface area contributed by atoms with Crippen LogP contribution >= 0.6 is 0 Å². The van der Waals surface area contributed by atoms with E-state index in [2.05, 4.69) is 5.32 Å². The molecule has 106 valence electrons. The Morgan fingerprint density at radius 3 is 2.68 bits per heavy atom. The van der Waals surface area contributed by atoms with Crippen molar-refractivity contribution >= 4 is 15.5 Å². The average Bonchev–Trinajstić information content (AvgIpc) is 2.77. The Kier molecular flexibility index (Phi) is 4.04. The maximum atomic E-state index is 11.8. The van der Waals surface area contributed by atoms with Crippen molar-refractivity contribution in [2.24, 2.45) is 0 Å². The van der Waals surface area contributed by atoms with Crippen LogP contribution in [0.4, 0.5) is 5.69 Å². The van der Waals surface area contributed by atoms with E-state index in [4.69, 9.17) is 4.74 Å². The number of hydrogen-bond donors (Lipinski definition) is 1. The zero-order valence-corrected chi connectivity index (χ0v) is 12.5. The summed E-state index contributed by atoms with van der Waals surface area (Å²) in [5.74, 6) is 0.754. The third-order valence-corrected chi connectivity index (χ3v) is 5.36. The van der Waals surface area contributed by atoms with Crippen molar-refractivity contribution in [3.63, 3.8) is 0 Å². The van der Waals surface area contributed by atoms with Crippen LogP contribution in [0.3, 0.4) is 0 Å². The second-order valence-electron chi connectivity index (χ2n) is 5.25. The molecule has 0 aromatic heterocycles. The quantitative estimate of drug-likeness (QED) is 0.922. The lowest BCUT2D eigenvalue weighted by Crippen LogP contribution is -2.34. The summed E-state index contributed by atoms with van der Waals surface area (Å²) in [5, 5.41) is 3.06. The minimum Gasteiger partial charge on any atom is -0.495 e. The van der Waals surface area contributed by atoms with Crippen LogP contribution in [-0.4, -0.2) is 33.1 Å². The van der Waals surface area contributed by atoms with Gasteiger partial charge in [-0.15, -0.1) is 0 Å². The Bertz CT molecular complexity index is 554. The Morgan fingerprint density at radius 2 is 2.05 bits per heavy atom. The van der Waals surface area contributed by atoms with Crippen LogP contribution in [0.15, 0.2) is 18.2 Å². The Labute approximate surface area is 115 Å². The first-order valence-corrected chi connectivity index (χ1v) is 8.47. The first-order chi connectivity index (χ1) is 8.91. The predicted molar refractivity (Wildman–Crippen MR) is 77.6 cm³/mol. The molecule has 1 saturated carbocycles. The summed E-state index contributed by atoms with van der Waals surface area (Å²) in [6.45, 7) is 2.01. The summed E-state index contributed by atoms with van der Waals surface area (Å²) in [5.41, 5.74) is 2.00. The van der Waals surface area contributed by atoms with Crippen molar-refractivity contribution in [1.82, 2.24) is 0 Å². The van der Waals surface area contributed by atoms with Crippen molar-refractivity contribution < 1.29 is 13.2 Å². The van der Waals surface area contributed by atoms with Gasteiger partial charge in [-0.05, 0) is 43.9 Å². The molecule has 1 aromatic carbocycles. The van der Waals surface area contributed by atoms with E-state index in [0.717, 1.165) is 36.3 Å². The normalized spacial score (nSPS) is 23.3. The van der Waals surface area contributed by atoms with Crippen LogP contribution in [0.2, 0.25) is 0 Å². The van der Waals surface area contributed by atoms with E-state index in [1.165, 1.54) is 6.26 Å². The third-order valence-electron chi connectivity index (χ3n) is 3.70. The van der Waals surface area contributed by atoms with Crippen molar-refractivity contribution in [3.8, 4) is 5.75 Å². The monoisotopic (exact) mass is 283 g/mol. The highest BCUT2D eigenvalue weighted by Crippen LogP contribution is 2.32. The number of aryl methyl sites for hydroxylation is 1. The first kappa shape index (κ1) is 14.2. The summed E-state index contributed by atoms with van der Waals surface area (Å²) in [6.07, 6.45) is 3.90. The number of ether oxygens (including phenoxy) is 1. The Balaban J connectivity index is 2.23. The second kappa shape index (κ2) is 5.41. The standard InChI is InChI=1S/C14H21NO3S/c1-10-7-8-13(18-2)12(9-10)15-11-5-4-6-14(11)19(3,16)17/h7-9,11,14-15H,4-6H2,1-3H3. The molecule has 5 heteroatoms. The van der Waals surface area contributed by atoms with Gasteiger partial charge >= 0.3 is 0 Å². The molecule has 2 rings (SSSR count). The molecule has 19 heavy (non-hydrogen) atoms. The van der Waals surface area contributed by atoms with Gasteiger partial charge in [0, 0.05) is 12.3 Å². The van der Waals surface area contributed by atoms with Gasteiger partial charge in [0.1, 0.15) is 5.75 Å². The number of methoxy groups -OCH3 is 1. The van der Waals surface area contributed by atoms with E-state index in [9.17, 15) is 8.42 Å². The fourth-order valence-corrected chi connectivity index (χ4v) is 4.13. The van der Waals surface area contributed by atoms with Crippen molar-refractivity contribution in [2.75, 3.05) is 18.7 Å². The van der Waals surface area contributed by atoms with Crippen molar-refractivity contribution in [2.45, 2.75) is 37.5 Å². The third kappa shape index (κ3) is 3.21. The lowest BCUT2D eigenvalue weighted by molar-refractivity contribution is 0.416. The molecule has 2 unspecified atom stereocenters. The summed E-state index contributed by atoms with van der Waals surface area (Å²) in [7, 11) is -1.38. The molecule has 0 radical (unpaired) electrons. The number of sulfone groups is 1. The zero-order chi connectivity index (χ0) is 14.0.